The summed E-state index contributed by atoms with van der Waals surface area (Å²) in [5.41, 5.74) is 0. The fourth-order valence-electron chi connectivity index (χ4n) is 1.54. The Morgan fingerprint density at radius 3 is 2.94 bits per heavy atom. The second-order valence-corrected chi connectivity index (χ2v) is 4.05. The van der Waals surface area contributed by atoms with E-state index in [1.165, 1.54) is 0 Å². The maximum absolute atomic E-state index is 11.5. The highest BCUT2D eigenvalue weighted by atomic mass is 16.2. The van der Waals surface area contributed by atoms with Crippen LogP contribution in [0.25, 0.3) is 0 Å². The van der Waals surface area contributed by atoms with E-state index in [-0.39, 0.29) is 5.91 Å². The van der Waals surface area contributed by atoms with Gasteiger partial charge in [-0.2, -0.15) is 0 Å². The van der Waals surface area contributed by atoms with Crippen LogP contribution in [0.1, 0.15) is 26.1 Å². The number of amides is 1. The smallest absolute Gasteiger partial charge is 0.236 e. The minimum Gasteiger partial charge on any atom is -0.345 e. The fourth-order valence-corrected chi connectivity index (χ4v) is 1.54. The monoisotopic (exact) mass is 238 g/mol. The molecule has 0 aromatic carbocycles. The predicted octanol–water partition coefficient (Wildman–Crippen LogP) is 0.861. The van der Waals surface area contributed by atoms with Crippen molar-refractivity contribution in [2.75, 3.05) is 20.1 Å². The van der Waals surface area contributed by atoms with E-state index in [2.05, 4.69) is 21.8 Å². The molecule has 0 fully saturated rings. The summed E-state index contributed by atoms with van der Waals surface area (Å²) in [6.45, 7) is 6.81. The van der Waals surface area contributed by atoms with Gasteiger partial charge in [-0.3, -0.25) is 4.79 Å². The van der Waals surface area contributed by atoms with Crippen LogP contribution >= 0.6 is 0 Å². The van der Waals surface area contributed by atoms with Gasteiger partial charge in [0.05, 0.1) is 13.1 Å². The van der Waals surface area contributed by atoms with Crippen LogP contribution in [0.15, 0.2) is 12.4 Å². The summed E-state index contributed by atoms with van der Waals surface area (Å²) in [6, 6.07) is 0. The first-order valence-electron chi connectivity index (χ1n) is 6.13. The van der Waals surface area contributed by atoms with Gasteiger partial charge in [0, 0.05) is 32.5 Å². The normalized spacial score (nSPS) is 10.5. The number of carbonyl (C=O) groups excluding carboxylic acids is 1. The Morgan fingerprint density at radius 2 is 2.29 bits per heavy atom. The second-order valence-electron chi connectivity index (χ2n) is 4.05. The van der Waals surface area contributed by atoms with Crippen molar-refractivity contribution in [3.63, 3.8) is 0 Å². The third-order valence-corrected chi connectivity index (χ3v) is 2.73. The molecular formula is C12H22N4O. The first-order chi connectivity index (χ1) is 8.19. The lowest BCUT2D eigenvalue weighted by Gasteiger charge is -2.14. The van der Waals surface area contributed by atoms with Gasteiger partial charge in [0.1, 0.15) is 5.82 Å². The third-order valence-electron chi connectivity index (χ3n) is 2.73. The van der Waals surface area contributed by atoms with E-state index in [0.717, 1.165) is 25.3 Å². The molecule has 0 bridgehead atoms. The molecule has 1 aromatic rings. The molecule has 5 nitrogen and oxygen atoms in total. The van der Waals surface area contributed by atoms with E-state index in [1.807, 2.05) is 20.2 Å². The van der Waals surface area contributed by atoms with Crippen molar-refractivity contribution >= 4 is 5.91 Å². The van der Waals surface area contributed by atoms with E-state index in [1.54, 1.807) is 11.1 Å². The average Bonchev–Trinajstić information content (AvgIpc) is 2.76. The summed E-state index contributed by atoms with van der Waals surface area (Å²) in [5, 5.41) is 3.13. The summed E-state index contributed by atoms with van der Waals surface area (Å²) in [7, 11) is 1.81. The zero-order valence-electron chi connectivity index (χ0n) is 10.9. The molecule has 96 valence electrons. The fraction of sp³-hybridized carbons (Fsp3) is 0.667. The van der Waals surface area contributed by atoms with Gasteiger partial charge in [0.15, 0.2) is 0 Å². The van der Waals surface area contributed by atoms with Crippen LogP contribution in [-0.2, 0) is 17.9 Å². The van der Waals surface area contributed by atoms with Crippen molar-refractivity contribution in [1.82, 2.24) is 19.8 Å². The largest absolute Gasteiger partial charge is 0.345 e. The number of carbonyl (C=O) groups is 1. The topological polar surface area (TPSA) is 50.2 Å². The second kappa shape index (κ2) is 7.06. The molecule has 17 heavy (non-hydrogen) atoms. The molecule has 1 rings (SSSR count). The number of aromatic nitrogens is 2. The lowest BCUT2D eigenvalue weighted by molar-refractivity contribution is -0.128. The highest BCUT2D eigenvalue weighted by molar-refractivity contribution is 5.77. The SMILES string of the molecule is CCCn1ccnc1CNCC(=O)N(C)CC. The zero-order chi connectivity index (χ0) is 12.7. The van der Waals surface area contributed by atoms with Gasteiger partial charge in [0.25, 0.3) is 0 Å². The molecule has 0 aliphatic heterocycles. The molecule has 0 radical (unpaired) electrons. The minimum atomic E-state index is 0.112. The molecule has 0 spiro atoms. The Bertz CT molecular complexity index is 348. The van der Waals surface area contributed by atoms with Gasteiger partial charge in [-0.1, -0.05) is 6.92 Å². The standard InChI is InChI=1S/C12H22N4O/c1-4-7-16-8-6-14-11(16)9-13-10-12(17)15(3)5-2/h6,8,13H,4-5,7,9-10H2,1-3H3. The van der Waals surface area contributed by atoms with E-state index in [0.29, 0.717) is 13.1 Å². The van der Waals surface area contributed by atoms with Crippen molar-refractivity contribution in [2.45, 2.75) is 33.4 Å². The van der Waals surface area contributed by atoms with Gasteiger partial charge in [-0.25, -0.2) is 4.98 Å². The Morgan fingerprint density at radius 1 is 1.53 bits per heavy atom. The van der Waals surface area contributed by atoms with Crippen molar-refractivity contribution in [3.05, 3.63) is 18.2 Å². The first-order valence-corrected chi connectivity index (χ1v) is 6.13. The highest BCUT2D eigenvalue weighted by Gasteiger charge is 2.07. The number of hydrogen-bond donors (Lipinski definition) is 1. The number of aryl methyl sites for hydroxylation is 1. The van der Waals surface area contributed by atoms with E-state index in [4.69, 9.17) is 0 Å². The summed E-state index contributed by atoms with van der Waals surface area (Å²) in [6.07, 6.45) is 4.86. The highest BCUT2D eigenvalue weighted by Crippen LogP contribution is 1.98. The van der Waals surface area contributed by atoms with E-state index >= 15 is 0 Å². The molecule has 0 aliphatic carbocycles. The Balaban J connectivity index is 2.35. The molecule has 0 atom stereocenters. The lowest BCUT2D eigenvalue weighted by Crippen LogP contribution is -2.35. The molecule has 1 N–H and O–H groups in total. The summed E-state index contributed by atoms with van der Waals surface area (Å²) in [4.78, 5) is 17.5. The van der Waals surface area contributed by atoms with Gasteiger partial charge in [0.2, 0.25) is 5.91 Å². The van der Waals surface area contributed by atoms with Crippen LogP contribution in [0, 0.1) is 0 Å². The van der Waals surface area contributed by atoms with Gasteiger partial charge < -0.3 is 14.8 Å². The van der Waals surface area contributed by atoms with Crippen LogP contribution in [-0.4, -0.2) is 40.5 Å². The molecule has 0 saturated carbocycles. The maximum atomic E-state index is 11.5. The quantitative estimate of drug-likeness (QED) is 0.766. The maximum Gasteiger partial charge on any atom is 0.236 e. The molecule has 0 unspecified atom stereocenters. The van der Waals surface area contributed by atoms with Crippen LogP contribution in [0.5, 0.6) is 0 Å². The van der Waals surface area contributed by atoms with Crippen molar-refractivity contribution in [2.24, 2.45) is 0 Å². The lowest BCUT2D eigenvalue weighted by atomic mass is 10.4. The summed E-state index contributed by atoms with van der Waals surface area (Å²) in [5.74, 6) is 1.10. The van der Waals surface area contributed by atoms with Gasteiger partial charge in [-0.05, 0) is 13.3 Å². The van der Waals surface area contributed by atoms with Crippen LogP contribution < -0.4 is 5.32 Å². The Kier molecular flexibility index (Phi) is 5.69. The molecule has 1 amide bonds. The number of imidazole rings is 1. The van der Waals surface area contributed by atoms with Gasteiger partial charge in [-0.15, -0.1) is 0 Å². The van der Waals surface area contributed by atoms with Gasteiger partial charge >= 0.3 is 0 Å². The summed E-state index contributed by atoms with van der Waals surface area (Å²) < 4.78 is 2.11. The van der Waals surface area contributed by atoms with Crippen LogP contribution in [0.2, 0.25) is 0 Å². The van der Waals surface area contributed by atoms with E-state index in [9.17, 15) is 4.79 Å². The van der Waals surface area contributed by atoms with E-state index < -0.39 is 0 Å². The number of nitrogens with zero attached hydrogens (tertiary/aromatic N) is 3. The van der Waals surface area contributed by atoms with Crippen LogP contribution in [0.3, 0.4) is 0 Å². The Labute approximate surface area is 103 Å². The molecular weight excluding hydrogens is 216 g/mol. The zero-order valence-corrected chi connectivity index (χ0v) is 10.9. The Hall–Kier alpha value is -1.36. The molecule has 0 saturated heterocycles. The summed E-state index contributed by atoms with van der Waals surface area (Å²) >= 11 is 0. The average molecular weight is 238 g/mol. The van der Waals surface area contributed by atoms with Crippen molar-refractivity contribution in [3.8, 4) is 0 Å². The first kappa shape index (κ1) is 13.7. The molecule has 0 aliphatic rings. The number of likely N-dealkylation sites (N-methyl/N-ethyl adjacent to an activating group) is 1. The third kappa shape index (κ3) is 4.19. The van der Waals surface area contributed by atoms with Crippen molar-refractivity contribution in [1.29, 1.82) is 0 Å². The molecule has 1 heterocycles. The molecule has 5 heteroatoms. The number of hydrogen-bond acceptors (Lipinski definition) is 3. The number of nitrogens with one attached hydrogen (secondary N) is 1. The molecule has 1 aromatic heterocycles. The number of rotatable bonds is 7. The van der Waals surface area contributed by atoms with Crippen molar-refractivity contribution < 1.29 is 4.79 Å². The predicted molar refractivity (Wildman–Crippen MR) is 67.5 cm³/mol. The van der Waals surface area contributed by atoms with Crippen LogP contribution in [0.4, 0.5) is 0 Å². The minimum absolute atomic E-state index is 0.112.